The van der Waals surface area contributed by atoms with Crippen LogP contribution in [0.5, 0.6) is 0 Å². The Morgan fingerprint density at radius 1 is 0.692 bits per heavy atom. The van der Waals surface area contributed by atoms with Crippen molar-refractivity contribution in [3.63, 3.8) is 0 Å². The molecule has 0 N–H and O–H groups in total. The van der Waals surface area contributed by atoms with Gasteiger partial charge in [0.25, 0.3) is 0 Å². The molecule has 0 atom stereocenters. The second-order valence-corrected chi connectivity index (χ2v) is 1.92. The van der Waals surface area contributed by atoms with Gasteiger partial charge in [-0.05, 0) is 0 Å². The Labute approximate surface area is 92.3 Å². The summed E-state index contributed by atoms with van der Waals surface area (Å²) in [5.41, 5.74) is 0. The predicted molar refractivity (Wildman–Crippen MR) is 46.1 cm³/mol. The van der Waals surface area contributed by atoms with Crippen molar-refractivity contribution in [3.05, 3.63) is 61.2 Å². The Morgan fingerprint density at radius 2 is 1.15 bits per heavy atom. The molecule has 0 radical (unpaired) electrons. The van der Waals surface area contributed by atoms with E-state index in [9.17, 15) is 0 Å². The van der Waals surface area contributed by atoms with Crippen LogP contribution >= 0.6 is 0 Å². The second-order valence-electron chi connectivity index (χ2n) is 1.92. The van der Waals surface area contributed by atoms with Gasteiger partial charge in [-0.3, -0.25) is 0 Å². The normalized spacial score (nSPS) is 7.38. The first-order valence-corrected chi connectivity index (χ1v) is 3.54. The maximum Gasteiger partial charge on any atom is 2.00 e. The molecule has 0 amide bonds. The van der Waals surface area contributed by atoms with Gasteiger partial charge in [0.1, 0.15) is 0 Å². The summed E-state index contributed by atoms with van der Waals surface area (Å²) < 4.78 is 0. The largest absolute Gasteiger partial charge is 2.00 e. The summed E-state index contributed by atoms with van der Waals surface area (Å²) in [4.78, 5) is 7.32. The zero-order chi connectivity index (χ0) is 8.49. The number of hydrogen-bond donors (Lipinski definition) is 0. The van der Waals surface area contributed by atoms with E-state index in [4.69, 9.17) is 0 Å². The zero-order valence-corrected chi connectivity index (χ0v) is 9.85. The van der Waals surface area contributed by atoms with Crippen molar-refractivity contribution >= 4 is 0 Å². The Bertz CT molecular complexity index is 188. The molecule has 0 fully saturated rings. The molecule has 0 saturated heterocycles. The summed E-state index contributed by atoms with van der Waals surface area (Å²) in [5, 5.41) is 0. The minimum Gasteiger partial charge on any atom is -0.394 e. The molecule has 2 aromatic rings. The fourth-order valence-electron chi connectivity index (χ4n) is 0.555. The predicted octanol–water partition coefficient (Wildman–Crippen LogP) is 1.76. The molecule has 3 heteroatoms. The first-order chi connectivity index (χ1) is 6.00. The third-order valence-corrected chi connectivity index (χ3v) is 1.03. The molecule has 0 aliphatic carbocycles. The molecule has 0 aliphatic heterocycles. The number of rotatable bonds is 0. The molecule has 2 rings (SSSR count). The minimum atomic E-state index is 0. The van der Waals surface area contributed by atoms with E-state index in [0.29, 0.717) is 0 Å². The monoisotopic (exact) mass is 340 g/mol. The standard InChI is InChI=1S/2C5H4N.W/c2*1-2-4-6-5-3-1;/h2*1-4H;/q2*-1;+2. The van der Waals surface area contributed by atoms with Crippen LogP contribution in [0.2, 0.25) is 0 Å². The van der Waals surface area contributed by atoms with Crippen LogP contribution in [0.3, 0.4) is 0 Å². The van der Waals surface area contributed by atoms with Gasteiger partial charge in [0.05, 0.1) is 0 Å². The second kappa shape index (κ2) is 9.08. The van der Waals surface area contributed by atoms with Crippen LogP contribution in [-0.4, -0.2) is 9.97 Å². The molecule has 0 aromatic carbocycles. The molecule has 0 bridgehead atoms. The summed E-state index contributed by atoms with van der Waals surface area (Å²) in [7, 11) is 0. The van der Waals surface area contributed by atoms with Crippen LogP contribution in [0.25, 0.3) is 0 Å². The zero-order valence-electron chi connectivity index (χ0n) is 6.92. The summed E-state index contributed by atoms with van der Waals surface area (Å²) in [6.07, 6.45) is 8.67. The van der Waals surface area contributed by atoms with Crippen molar-refractivity contribution in [2.24, 2.45) is 0 Å². The fraction of sp³-hybridized carbons (Fsp3) is 0. The molecule has 2 heterocycles. The van der Waals surface area contributed by atoms with E-state index in [1.807, 2.05) is 24.3 Å². The van der Waals surface area contributed by atoms with Crippen LogP contribution < -0.4 is 0 Å². The molecular weight excluding hydrogens is 332 g/mol. The van der Waals surface area contributed by atoms with E-state index in [2.05, 4.69) is 22.4 Å². The van der Waals surface area contributed by atoms with E-state index < -0.39 is 0 Å². The van der Waals surface area contributed by atoms with Gasteiger partial charge in [0.2, 0.25) is 0 Å². The summed E-state index contributed by atoms with van der Waals surface area (Å²) in [6, 6.07) is 11.0. The van der Waals surface area contributed by atoms with Gasteiger partial charge >= 0.3 is 21.1 Å². The maximum absolute atomic E-state index is 3.66. The fourth-order valence-corrected chi connectivity index (χ4v) is 0.555. The molecule has 0 spiro atoms. The van der Waals surface area contributed by atoms with Gasteiger partial charge in [0.15, 0.2) is 0 Å². The SMILES string of the molecule is [W+2].[c-]1ccccn1.[c-]1ccccn1. The maximum atomic E-state index is 3.66. The average Bonchev–Trinajstić information content (AvgIpc) is 2.24. The van der Waals surface area contributed by atoms with Crippen LogP contribution in [-0.2, 0) is 21.1 Å². The first kappa shape index (κ1) is 12.0. The number of hydrogen-bond acceptors (Lipinski definition) is 2. The van der Waals surface area contributed by atoms with E-state index in [-0.39, 0.29) is 21.1 Å². The van der Waals surface area contributed by atoms with E-state index in [1.54, 1.807) is 24.5 Å². The molecule has 2 nitrogen and oxygen atoms in total. The van der Waals surface area contributed by atoms with Crippen molar-refractivity contribution in [1.82, 2.24) is 9.97 Å². The molecular formula is C10H8N2W. The Morgan fingerprint density at radius 3 is 1.23 bits per heavy atom. The van der Waals surface area contributed by atoms with Crippen molar-refractivity contribution in [1.29, 1.82) is 0 Å². The Hall–Kier alpha value is -1.01. The molecule has 0 saturated carbocycles. The van der Waals surface area contributed by atoms with Gasteiger partial charge in [-0.15, -0.1) is 0 Å². The summed E-state index contributed by atoms with van der Waals surface area (Å²) in [6.45, 7) is 0. The number of pyridine rings is 2. The molecule has 0 aliphatic rings. The first-order valence-electron chi connectivity index (χ1n) is 3.54. The van der Waals surface area contributed by atoms with E-state index in [0.717, 1.165) is 0 Å². The minimum absolute atomic E-state index is 0. The topological polar surface area (TPSA) is 25.8 Å². The average molecular weight is 340 g/mol. The Kier molecular flexibility index (Phi) is 8.37. The third kappa shape index (κ3) is 7.35. The van der Waals surface area contributed by atoms with Gasteiger partial charge in [-0.1, -0.05) is 24.8 Å². The summed E-state index contributed by atoms with van der Waals surface area (Å²) in [5.74, 6) is 0. The quantitative estimate of drug-likeness (QED) is 0.683. The van der Waals surface area contributed by atoms with Crippen molar-refractivity contribution in [3.8, 4) is 0 Å². The number of aromatic nitrogens is 2. The van der Waals surface area contributed by atoms with Crippen molar-refractivity contribution in [2.75, 3.05) is 0 Å². The molecule has 2 aromatic heterocycles. The molecule has 0 unspecified atom stereocenters. The van der Waals surface area contributed by atoms with Gasteiger partial charge < -0.3 is 9.97 Å². The molecule has 64 valence electrons. The Balaban J connectivity index is 0.000000206. The van der Waals surface area contributed by atoms with Crippen molar-refractivity contribution < 1.29 is 21.1 Å². The van der Waals surface area contributed by atoms with Crippen molar-refractivity contribution in [2.45, 2.75) is 0 Å². The smallest absolute Gasteiger partial charge is 0.394 e. The van der Waals surface area contributed by atoms with E-state index >= 15 is 0 Å². The third-order valence-electron chi connectivity index (χ3n) is 1.03. The van der Waals surface area contributed by atoms with Gasteiger partial charge in [0, 0.05) is 0 Å². The summed E-state index contributed by atoms with van der Waals surface area (Å²) >= 11 is 0. The van der Waals surface area contributed by atoms with Crippen LogP contribution in [0.1, 0.15) is 0 Å². The van der Waals surface area contributed by atoms with Crippen LogP contribution in [0, 0.1) is 12.4 Å². The van der Waals surface area contributed by atoms with Gasteiger partial charge in [-0.25, -0.2) is 0 Å². The van der Waals surface area contributed by atoms with Gasteiger partial charge in [-0.2, -0.15) is 36.4 Å². The van der Waals surface area contributed by atoms with Crippen LogP contribution in [0.4, 0.5) is 0 Å². The van der Waals surface area contributed by atoms with E-state index in [1.165, 1.54) is 0 Å². The molecule has 13 heavy (non-hydrogen) atoms. The number of nitrogens with zero attached hydrogens (tertiary/aromatic N) is 2. The van der Waals surface area contributed by atoms with Crippen LogP contribution in [0.15, 0.2) is 48.8 Å².